The van der Waals surface area contributed by atoms with Gasteiger partial charge in [-0.05, 0) is 66.8 Å². The number of nitrogens with one attached hydrogen (secondary N) is 1. The molecule has 1 atom stereocenters. The first-order chi connectivity index (χ1) is 21.5. The zero-order chi connectivity index (χ0) is 32.6. The molecule has 0 saturated heterocycles. The van der Waals surface area contributed by atoms with Crippen LogP contribution in [0.3, 0.4) is 0 Å². The monoisotopic (exact) mass is 645 g/mol. The summed E-state index contributed by atoms with van der Waals surface area (Å²) in [7, 11) is -4.15. The van der Waals surface area contributed by atoms with Crippen molar-refractivity contribution in [3.05, 3.63) is 130 Å². The van der Waals surface area contributed by atoms with Crippen molar-refractivity contribution >= 4 is 39.1 Å². The van der Waals surface area contributed by atoms with E-state index in [0.717, 1.165) is 21.0 Å². The number of rotatable bonds is 13. The highest BCUT2D eigenvalue weighted by Gasteiger charge is 2.35. The molecule has 0 heterocycles. The number of nitrogens with zero attached hydrogens (tertiary/aromatic N) is 2. The smallest absolute Gasteiger partial charge is 0.264 e. The van der Waals surface area contributed by atoms with Crippen LogP contribution in [0.15, 0.2) is 108 Å². The molecule has 0 saturated carbocycles. The molecular weight excluding hydrogens is 606 g/mol. The van der Waals surface area contributed by atoms with E-state index in [1.165, 1.54) is 17.0 Å². The SMILES string of the molecule is Cc1ccc(N(CC(=O)N(Cc2ccc(Cl)cc2)C(Cc2ccccc2)C(=O)NCC(C)C)S(=O)(=O)c2ccccc2)c(C)c1. The summed E-state index contributed by atoms with van der Waals surface area (Å²) < 4.78 is 29.5. The Morgan fingerprint density at radius 1 is 0.822 bits per heavy atom. The van der Waals surface area contributed by atoms with Gasteiger partial charge in [0.15, 0.2) is 0 Å². The van der Waals surface area contributed by atoms with Gasteiger partial charge in [0.2, 0.25) is 11.8 Å². The van der Waals surface area contributed by atoms with E-state index in [2.05, 4.69) is 5.32 Å². The fourth-order valence-corrected chi connectivity index (χ4v) is 6.71. The van der Waals surface area contributed by atoms with Crippen molar-refractivity contribution < 1.29 is 18.0 Å². The zero-order valence-corrected chi connectivity index (χ0v) is 27.7. The average Bonchev–Trinajstić information content (AvgIpc) is 3.02. The van der Waals surface area contributed by atoms with Crippen molar-refractivity contribution in [1.82, 2.24) is 10.2 Å². The van der Waals surface area contributed by atoms with Crippen LogP contribution in [0, 0.1) is 19.8 Å². The van der Waals surface area contributed by atoms with Gasteiger partial charge >= 0.3 is 0 Å². The van der Waals surface area contributed by atoms with Crippen molar-refractivity contribution in [2.45, 2.75) is 51.6 Å². The lowest BCUT2D eigenvalue weighted by molar-refractivity contribution is -0.140. The third-order valence-electron chi connectivity index (χ3n) is 7.45. The Balaban J connectivity index is 1.81. The Morgan fingerprint density at radius 2 is 1.44 bits per heavy atom. The van der Waals surface area contributed by atoms with E-state index in [1.54, 1.807) is 48.5 Å². The number of anilines is 1. The van der Waals surface area contributed by atoms with Gasteiger partial charge in [0.25, 0.3) is 10.0 Å². The minimum atomic E-state index is -4.15. The minimum Gasteiger partial charge on any atom is -0.354 e. The number of benzene rings is 4. The highest BCUT2D eigenvalue weighted by Crippen LogP contribution is 2.28. The third kappa shape index (κ3) is 8.96. The van der Waals surface area contributed by atoms with E-state index < -0.39 is 28.5 Å². The van der Waals surface area contributed by atoms with Crippen molar-refractivity contribution in [1.29, 1.82) is 0 Å². The summed E-state index contributed by atoms with van der Waals surface area (Å²) in [5, 5.41) is 3.55. The van der Waals surface area contributed by atoms with Crippen LogP contribution in [-0.2, 0) is 32.6 Å². The predicted molar refractivity (Wildman–Crippen MR) is 181 cm³/mol. The van der Waals surface area contributed by atoms with Gasteiger partial charge in [0.1, 0.15) is 12.6 Å². The Bertz CT molecular complexity index is 1700. The molecule has 4 aromatic rings. The molecule has 0 fully saturated rings. The van der Waals surface area contributed by atoms with Crippen LogP contribution < -0.4 is 9.62 Å². The first kappa shape index (κ1) is 33.7. The molecule has 1 N–H and O–H groups in total. The molecule has 0 aliphatic heterocycles. The number of hydrogen-bond donors (Lipinski definition) is 1. The zero-order valence-electron chi connectivity index (χ0n) is 26.1. The van der Waals surface area contributed by atoms with Crippen LogP contribution in [0.1, 0.15) is 36.1 Å². The number of carbonyl (C=O) groups excluding carboxylic acids is 2. The number of sulfonamides is 1. The summed E-state index contributed by atoms with van der Waals surface area (Å²) in [6.07, 6.45) is 0.249. The van der Waals surface area contributed by atoms with Crippen molar-refractivity contribution in [2.24, 2.45) is 5.92 Å². The fraction of sp³-hybridized carbons (Fsp3) is 0.278. The van der Waals surface area contributed by atoms with Crippen molar-refractivity contribution in [3.8, 4) is 0 Å². The van der Waals surface area contributed by atoms with Gasteiger partial charge in [0, 0.05) is 24.5 Å². The molecule has 0 aliphatic rings. The van der Waals surface area contributed by atoms with Crippen LogP contribution in [-0.4, -0.2) is 44.3 Å². The fourth-order valence-electron chi connectivity index (χ4n) is 5.08. The Kier molecular flexibility index (Phi) is 11.4. The van der Waals surface area contributed by atoms with Gasteiger partial charge in [-0.1, -0.05) is 104 Å². The number of amides is 2. The Labute approximate surface area is 271 Å². The molecule has 4 aromatic carbocycles. The van der Waals surface area contributed by atoms with E-state index in [0.29, 0.717) is 22.8 Å². The topological polar surface area (TPSA) is 86.8 Å². The van der Waals surface area contributed by atoms with Gasteiger partial charge in [-0.25, -0.2) is 8.42 Å². The molecule has 0 bridgehead atoms. The standard InChI is InChI=1S/C36H40ClN3O4S/c1-26(2)23-38-36(42)34(22-29-11-7-5-8-12-29)39(24-30-16-18-31(37)19-17-30)35(41)25-40(33-20-15-27(3)21-28(33)4)45(43,44)32-13-9-6-10-14-32/h5-21,26,34H,22-25H2,1-4H3,(H,38,42). The Hall–Kier alpha value is -4.14. The molecule has 9 heteroatoms. The minimum absolute atomic E-state index is 0.0672. The summed E-state index contributed by atoms with van der Waals surface area (Å²) in [5.74, 6) is -0.619. The highest BCUT2D eigenvalue weighted by atomic mass is 35.5. The molecule has 45 heavy (non-hydrogen) atoms. The second-order valence-electron chi connectivity index (χ2n) is 11.6. The van der Waals surface area contributed by atoms with Gasteiger partial charge in [-0.3, -0.25) is 13.9 Å². The lowest BCUT2D eigenvalue weighted by Gasteiger charge is -2.34. The van der Waals surface area contributed by atoms with Crippen molar-refractivity contribution in [3.63, 3.8) is 0 Å². The first-order valence-electron chi connectivity index (χ1n) is 15.0. The maximum Gasteiger partial charge on any atom is 0.264 e. The van der Waals surface area contributed by atoms with Crippen LogP contribution >= 0.6 is 11.6 Å². The number of halogens is 1. The van der Waals surface area contributed by atoms with Gasteiger partial charge < -0.3 is 10.2 Å². The summed E-state index contributed by atoms with van der Waals surface area (Å²) in [6.45, 7) is 7.76. The van der Waals surface area contributed by atoms with Gasteiger partial charge in [-0.2, -0.15) is 0 Å². The quantitative estimate of drug-likeness (QED) is 0.178. The normalized spacial score (nSPS) is 12.0. The molecule has 0 spiro atoms. The molecule has 236 valence electrons. The molecule has 0 aromatic heterocycles. The molecular formula is C36H40ClN3O4S. The molecule has 4 rings (SSSR count). The second kappa shape index (κ2) is 15.2. The molecule has 7 nitrogen and oxygen atoms in total. The first-order valence-corrected chi connectivity index (χ1v) is 16.8. The number of aryl methyl sites for hydroxylation is 2. The molecule has 0 radical (unpaired) electrons. The van der Waals surface area contributed by atoms with E-state index in [1.807, 2.05) is 70.2 Å². The van der Waals surface area contributed by atoms with E-state index in [4.69, 9.17) is 11.6 Å². The van der Waals surface area contributed by atoms with E-state index in [-0.39, 0.29) is 29.7 Å². The van der Waals surface area contributed by atoms with E-state index >= 15 is 0 Å². The summed E-state index contributed by atoms with van der Waals surface area (Å²) >= 11 is 6.15. The second-order valence-corrected chi connectivity index (χ2v) is 13.9. The maximum atomic E-state index is 14.5. The van der Waals surface area contributed by atoms with Crippen molar-refractivity contribution in [2.75, 3.05) is 17.4 Å². The molecule has 0 aliphatic carbocycles. The number of hydrogen-bond acceptors (Lipinski definition) is 4. The van der Waals surface area contributed by atoms with Crippen LogP contribution in [0.4, 0.5) is 5.69 Å². The average molecular weight is 646 g/mol. The summed E-state index contributed by atoms with van der Waals surface area (Å²) in [5.41, 5.74) is 3.70. The lowest BCUT2D eigenvalue weighted by Crippen LogP contribution is -2.53. The summed E-state index contributed by atoms with van der Waals surface area (Å²) in [4.78, 5) is 29.9. The van der Waals surface area contributed by atoms with Crippen LogP contribution in [0.2, 0.25) is 5.02 Å². The van der Waals surface area contributed by atoms with Crippen LogP contribution in [0.5, 0.6) is 0 Å². The third-order valence-corrected chi connectivity index (χ3v) is 9.48. The lowest BCUT2D eigenvalue weighted by atomic mass is 10.0. The van der Waals surface area contributed by atoms with Gasteiger partial charge in [-0.15, -0.1) is 0 Å². The summed E-state index contributed by atoms with van der Waals surface area (Å²) in [6, 6.07) is 29.1. The maximum absolute atomic E-state index is 14.5. The molecule has 2 amide bonds. The predicted octanol–water partition coefficient (Wildman–Crippen LogP) is 6.56. The largest absolute Gasteiger partial charge is 0.354 e. The van der Waals surface area contributed by atoms with E-state index in [9.17, 15) is 18.0 Å². The van der Waals surface area contributed by atoms with Crippen LogP contribution in [0.25, 0.3) is 0 Å². The highest BCUT2D eigenvalue weighted by molar-refractivity contribution is 7.92. The Morgan fingerprint density at radius 3 is 2.04 bits per heavy atom. The number of carbonyl (C=O) groups is 2. The van der Waals surface area contributed by atoms with Gasteiger partial charge in [0.05, 0.1) is 10.6 Å². The molecule has 1 unspecified atom stereocenters.